The van der Waals surface area contributed by atoms with E-state index < -0.39 is 41.4 Å². The number of aliphatic hydroxyl groups excluding tert-OH is 2. The van der Waals surface area contributed by atoms with Gasteiger partial charge in [0, 0.05) is 11.6 Å². The molecule has 0 saturated carbocycles. The summed E-state index contributed by atoms with van der Waals surface area (Å²) < 4.78 is 53.4. The van der Waals surface area contributed by atoms with Gasteiger partial charge in [0.25, 0.3) is 0 Å². The van der Waals surface area contributed by atoms with Crippen LogP contribution in [0.15, 0.2) is 24.3 Å². The molecule has 6 atom stereocenters. The first-order chi connectivity index (χ1) is 13.2. The largest absolute Gasteiger partial charge is 0.493 e. The third-order valence-electron chi connectivity index (χ3n) is 7.37. The highest BCUT2D eigenvalue weighted by Gasteiger charge is 2.76. The van der Waals surface area contributed by atoms with Crippen LogP contribution in [0.4, 0.5) is 13.2 Å². The van der Waals surface area contributed by atoms with E-state index in [0.717, 1.165) is 5.56 Å². The fourth-order valence-corrected chi connectivity index (χ4v) is 6.33. The molecule has 28 heavy (non-hydrogen) atoms. The number of benzene rings is 1. The van der Waals surface area contributed by atoms with Crippen LogP contribution < -0.4 is 9.47 Å². The van der Waals surface area contributed by atoms with Crippen molar-refractivity contribution < 1.29 is 32.9 Å². The Morgan fingerprint density at radius 3 is 2.79 bits per heavy atom. The summed E-state index contributed by atoms with van der Waals surface area (Å²) in [6.07, 6.45) is -5.90. The highest BCUT2D eigenvalue weighted by molar-refractivity contribution is 5.64. The van der Waals surface area contributed by atoms with Gasteiger partial charge in [0.2, 0.25) is 0 Å². The number of hydrogen-bond donors (Lipinski definition) is 2. The second kappa shape index (κ2) is 5.43. The van der Waals surface area contributed by atoms with Gasteiger partial charge in [0.1, 0.15) is 12.2 Å². The standard InChI is InChI=1S/C20H22F3NO4/c1-24-8-7-19-14-10-3-4-12(27-2)15(14)28-16(19)11(25)5-6-18(19,13(24)9-10)17(26)20(21,22)23/h3-6,11,13,16-17,25-26H,7-9H2,1-2H3/t11-,13+,16-,17+,18?,19-/m0/s1. The summed E-state index contributed by atoms with van der Waals surface area (Å²) in [5.41, 5.74) is -1.27. The van der Waals surface area contributed by atoms with Crippen molar-refractivity contribution in [1.82, 2.24) is 4.90 Å². The molecule has 2 N–H and O–H groups in total. The van der Waals surface area contributed by atoms with Gasteiger partial charge in [-0.1, -0.05) is 18.2 Å². The van der Waals surface area contributed by atoms with Crippen LogP contribution in [0, 0.1) is 5.41 Å². The molecule has 1 unspecified atom stereocenters. The van der Waals surface area contributed by atoms with Crippen molar-refractivity contribution in [3.63, 3.8) is 0 Å². The van der Waals surface area contributed by atoms with E-state index in [1.807, 2.05) is 11.0 Å². The molecule has 2 aliphatic heterocycles. The lowest BCUT2D eigenvalue weighted by Gasteiger charge is -2.65. The molecule has 2 heterocycles. The maximum Gasteiger partial charge on any atom is 0.415 e. The van der Waals surface area contributed by atoms with E-state index in [4.69, 9.17) is 9.47 Å². The molecule has 0 radical (unpaired) electrons. The minimum atomic E-state index is -4.81. The smallest absolute Gasteiger partial charge is 0.415 e. The van der Waals surface area contributed by atoms with E-state index in [1.165, 1.54) is 19.3 Å². The summed E-state index contributed by atoms with van der Waals surface area (Å²) >= 11 is 0. The third-order valence-corrected chi connectivity index (χ3v) is 7.37. The normalized spacial score (nSPS) is 39.3. The molecule has 1 aromatic rings. The van der Waals surface area contributed by atoms with Crippen LogP contribution in [-0.4, -0.2) is 66.3 Å². The molecule has 1 fully saturated rings. The van der Waals surface area contributed by atoms with Crippen molar-refractivity contribution in [3.05, 3.63) is 35.4 Å². The Labute approximate surface area is 160 Å². The van der Waals surface area contributed by atoms with Crippen LogP contribution >= 0.6 is 0 Å². The number of halogens is 3. The van der Waals surface area contributed by atoms with Gasteiger partial charge >= 0.3 is 6.18 Å². The van der Waals surface area contributed by atoms with Gasteiger partial charge in [-0.15, -0.1) is 0 Å². The van der Waals surface area contributed by atoms with Crippen molar-refractivity contribution in [2.75, 3.05) is 20.7 Å². The molecule has 2 aliphatic carbocycles. The van der Waals surface area contributed by atoms with Gasteiger partial charge in [-0.25, -0.2) is 0 Å². The summed E-state index contributed by atoms with van der Waals surface area (Å²) in [6, 6.07) is 3.05. The van der Waals surface area contributed by atoms with E-state index in [9.17, 15) is 23.4 Å². The molecule has 5 rings (SSSR count). The molecular formula is C20H22F3NO4. The molecule has 2 bridgehead atoms. The molecule has 1 aromatic carbocycles. The predicted octanol–water partition coefficient (Wildman–Crippen LogP) is 1.79. The summed E-state index contributed by atoms with van der Waals surface area (Å²) in [5, 5.41) is 21.4. The lowest BCUT2D eigenvalue weighted by molar-refractivity contribution is -0.269. The molecular weight excluding hydrogens is 375 g/mol. The van der Waals surface area contributed by atoms with Crippen molar-refractivity contribution in [2.24, 2.45) is 5.41 Å². The van der Waals surface area contributed by atoms with Gasteiger partial charge in [0.05, 0.1) is 17.9 Å². The number of rotatable bonds is 2. The van der Waals surface area contributed by atoms with E-state index in [2.05, 4.69) is 0 Å². The van der Waals surface area contributed by atoms with Crippen LogP contribution in [0.3, 0.4) is 0 Å². The first kappa shape index (κ1) is 18.3. The molecule has 0 amide bonds. The maximum atomic E-state index is 14.0. The number of likely N-dealkylation sites (tertiary alicyclic amines) is 1. The Bertz CT molecular complexity index is 872. The summed E-state index contributed by atoms with van der Waals surface area (Å²) in [4.78, 5) is 1.89. The molecule has 0 aromatic heterocycles. The number of likely N-dealkylation sites (N-methyl/N-ethyl adjacent to an activating group) is 1. The molecule has 152 valence electrons. The van der Waals surface area contributed by atoms with Crippen LogP contribution in [-0.2, 0) is 11.8 Å². The van der Waals surface area contributed by atoms with E-state index in [1.54, 1.807) is 13.1 Å². The second-order valence-corrected chi connectivity index (χ2v) is 8.32. The third kappa shape index (κ3) is 1.84. The average molecular weight is 397 g/mol. The molecule has 8 heteroatoms. The summed E-state index contributed by atoms with van der Waals surface area (Å²) in [5.74, 6) is 0.831. The minimum Gasteiger partial charge on any atom is -0.493 e. The quantitative estimate of drug-likeness (QED) is 0.746. The first-order valence-corrected chi connectivity index (χ1v) is 9.38. The number of aliphatic hydroxyl groups is 2. The number of methoxy groups -OCH3 is 1. The van der Waals surface area contributed by atoms with Crippen molar-refractivity contribution in [1.29, 1.82) is 0 Å². The Hall–Kier alpha value is -1.77. The zero-order chi connectivity index (χ0) is 20.1. The topological polar surface area (TPSA) is 62.2 Å². The van der Waals surface area contributed by atoms with E-state index >= 15 is 0 Å². The predicted molar refractivity (Wildman–Crippen MR) is 93.5 cm³/mol. The van der Waals surface area contributed by atoms with Crippen molar-refractivity contribution >= 4 is 0 Å². The SMILES string of the molecule is COc1ccc2c3c1O[C@H]1[C@@H](O)C=CC4([C@@H](O)C(F)(F)F)[C@@H](C2)N(C)CC[C@]314. The Morgan fingerprint density at radius 2 is 2.11 bits per heavy atom. The summed E-state index contributed by atoms with van der Waals surface area (Å²) in [6.45, 7) is 0.549. The zero-order valence-corrected chi connectivity index (χ0v) is 15.5. The zero-order valence-electron chi connectivity index (χ0n) is 15.5. The van der Waals surface area contributed by atoms with E-state index in [-0.39, 0.29) is 0 Å². The van der Waals surface area contributed by atoms with Crippen molar-refractivity contribution in [3.8, 4) is 11.5 Å². The number of hydrogen-bond acceptors (Lipinski definition) is 5. The Balaban J connectivity index is 1.88. The lowest BCUT2D eigenvalue weighted by Crippen LogP contribution is -2.76. The van der Waals surface area contributed by atoms with Gasteiger partial charge in [-0.2, -0.15) is 13.2 Å². The number of piperidine rings is 1. The monoisotopic (exact) mass is 397 g/mol. The summed E-state index contributed by atoms with van der Waals surface area (Å²) in [7, 11) is 3.27. The van der Waals surface area contributed by atoms with Crippen LogP contribution in [0.1, 0.15) is 17.5 Å². The number of nitrogens with zero attached hydrogens (tertiary/aromatic N) is 1. The molecule has 1 spiro atoms. The Kier molecular flexibility index (Phi) is 3.54. The van der Waals surface area contributed by atoms with Crippen LogP contribution in [0.2, 0.25) is 0 Å². The fourth-order valence-electron chi connectivity index (χ4n) is 6.33. The first-order valence-electron chi connectivity index (χ1n) is 9.38. The molecule has 1 saturated heterocycles. The minimum absolute atomic E-state index is 0.340. The number of ether oxygens (including phenoxy) is 2. The van der Waals surface area contributed by atoms with Gasteiger partial charge in [-0.3, -0.25) is 0 Å². The highest BCUT2D eigenvalue weighted by Crippen LogP contribution is 2.69. The van der Waals surface area contributed by atoms with E-state index in [0.29, 0.717) is 36.4 Å². The maximum absolute atomic E-state index is 14.0. The molecule has 4 aliphatic rings. The van der Waals surface area contributed by atoms with Crippen LogP contribution in [0.5, 0.6) is 11.5 Å². The average Bonchev–Trinajstić information content (AvgIpc) is 3.00. The van der Waals surface area contributed by atoms with Gasteiger partial charge in [-0.05, 0) is 38.1 Å². The lowest BCUT2D eigenvalue weighted by atomic mass is 9.43. The number of alkyl halides is 3. The van der Waals surface area contributed by atoms with Crippen LogP contribution in [0.25, 0.3) is 0 Å². The van der Waals surface area contributed by atoms with Gasteiger partial charge < -0.3 is 24.6 Å². The second-order valence-electron chi connectivity index (χ2n) is 8.32. The Morgan fingerprint density at radius 1 is 1.36 bits per heavy atom. The van der Waals surface area contributed by atoms with Gasteiger partial charge in [0.15, 0.2) is 17.6 Å². The molecule has 5 nitrogen and oxygen atoms in total. The van der Waals surface area contributed by atoms with Crippen molar-refractivity contribution in [2.45, 2.75) is 48.8 Å². The highest BCUT2D eigenvalue weighted by atomic mass is 19.4. The fraction of sp³-hybridized carbons (Fsp3) is 0.600.